The molecule has 3 N–H and O–H groups in total. The van der Waals surface area contributed by atoms with Crippen LogP contribution in [0.4, 0.5) is 15.6 Å². The Morgan fingerprint density at radius 1 is 1.23 bits per heavy atom. The summed E-state index contributed by atoms with van der Waals surface area (Å²) in [4.78, 5) is 60.1. The summed E-state index contributed by atoms with van der Waals surface area (Å²) in [5.41, 5.74) is 2.13. The van der Waals surface area contributed by atoms with Crippen LogP contribution < -0.4 is 10.6 Å². The van der Waals surface area contributed by atoms with E-state index < -0.39 is 12.1 Å². The molecule has 4 amide bonds. The van der Waals surface area contributed by atoms with Crippen molar-refractivity contribution in [1.82, 2.24) is 20.1 Å². The molecule has 1 aromatic carbocycles. The third kappa shape index (κ3) is 6.85. The molecule has 1 aliphatic rings. The zero-order chi connectivity index (χ0) is 25.5. The number of carboxylic acid groups (broad SMARTS) is 1. The molecular formula is C23H28N6O5S. The highest BCUT2D eigenvalue weighted by atomic mass is 32.1. The first kappa shape index (κ1) is 25.8. The number of nitrogens with one attached hydrogen (secondary N) is 2. The van der Waals surface area contributed by atoms with Crippen LogP contribution in [0, 0.1) is 0 Å². The number of amides is 4. The summed E-state index contributed by atoms with van der Waals surface area (Å²) in [6.45, 7) is 1.87. The number of carbonyl (C=O) groups is 4. The number of hydrogen-bond acceptors (Lipinski definition) is 7. The summed E-state index contributed by atoms with van der Waals surface area (Å²) in [5.74, 6) is -0.632. The third-order valence-corrected chi connectivity index (χ3v) is 6.40. The monoisotopic (exact) mass is 500 g/mol. The van der Waals surface area contributed by atoms with Gasteiger partial charge in [0.05, 0.1) is 17.7 Å². The minimum atomic E-state index is -1.19. The number of benzene rings is 1. The van der Waals surface area contributed by atoms with Gasteiger partial charge in [0.15, 0.2) is 5.13 Å². The highest BCUT2D eigenvalue weighted by Gasteiger charge is 2.37. The summed E-state index contributed by atoms with van der Waals surface area (Å²) in [7, 11) is 3.35. The molecule has 0 radical (unpaired) electrons. The van der Waals surface area contributed by atoms with Gasteiger partial charge in [-0.15, -0.1) is 0 Å². The Kier molecular flexibility index (Phi) is 8.53. The second-order valence-corrected chi connectivity index (χ2v) is 9.24. The standard InChI is InChI=1S/C23H28N6O5S/c1-14(30)26-22-27-17(11-8-15-6-9-16(10-7-15)24-13-25-23(33)34)19(35-22)21(32)29-12-4-5-18(29)20(31)28(2)3/h6-7,9-10,13,18H,4-5,8,11-12H2,1-3H3,(H,24,25)(H,33,34)(H,26,27,30)/t18-/m1/s1. The Labute approximate surface area is 206 Å². The van der Waals surface area contributed by atoms with E-state index in [1.165, 1.54) is 11.8 Å². The quantitative estimate of drug-likeness (QED) is 0.375. The molecule has 0 spiro atoms. The number of rotatable bonds is 8. The van der Waals surface area contributed by atoms with Gasteiger partial charge in [-0.05, 0) is 43.4 Å². The largest absolute Gasteiger partial charge is 0.465 e. The van der Waals surface area contributed by atoms with Crippen molar-refractivity contribution in [3.05, 3.63) is 40.4 Å². The minimum absolute atomic E-state index is 0.106. The van der Waals surface area contributed by atoms with E-state index in [0.29, 0.717) is 47.2 Å². The molecule has 1 saturated heterocycles. The third-order valence-electron chi connectivity index (χ3n) is 5.40. The normalized spacial score (nSPS) is 15.3. The van der Waals surface area contributed by atoms with Gasteiger partial charge in [0, 0.05) is 27.6 Å². The van der Waals surface area contributed by atoms with Crippen molar-refractivity contribution in [1.29, 1.82) is 0 Å². The molecule has 12 heteroatoms. The first-order chi connectivity index (χ1) is 16.7. The van der Waals surface area contributed by atoms with Crippen LogP contribution in [0.25, 0.3) is 0 Å². The number of likely N-dealkylation sites (N-methyl/N-ethyl adjacent to an activating group) is 1. The van der Waals surface area contributed by atoms with Crippen LogP contribution in [0.2, 0.25) is 0 Å². The Hall–Kier alpha value is -3.80. The van der Waals surface area contributed by atoms with E-state index in [0.717, 1.165) is 29.7 Å². The van der Waals surface area contributed by atoms with Gasteiger partial charge in [0.2, 0.25) is 11.8 Å². The maximum absolute atomic E-state index is 13.5. The van der Waals surface area contributed by atoms with Crippen molar-refractivity contribution < 1.29 is 24.3 Å². The lowest BCUT2D eigenvalue weighted by atomic mass is 10.1. The van der Waals surface area contributed by atoms with Crippen molar-refractivity contribution >= 4 is 52.3 Å². The van der Waals surface area contributed by atoms with Gasteiger partial charge >= 0.3 is 6.09 Å². The van der Waals surface area contributed by atoms with Gasteiger partial charge in [-0.1, -0.05) is 23.5 Å². The van der Waals surface area contributed by atoms with Gasteiger partial charge in [0.1, 0.15) is 10.9 Å². The average Bonchev–Trinajstić information content (AvgIpc) is 3.44. The highest BCUT2D eigenvalue weighted by Crippen LogP contribution is 2.29. The summed E-state index contributed by atoms with van der Waals surface area (Å²) >= 11 is 1.12. The predicted octanol–water partition coefficient (Wildman–Crippen LogP) is 2.51. The molecule has 1 aliphatic heterocycles. The number of aromatic nitrogens is 1. The summed E-state index contributed by atoms with van der Waals surface area (Å²) < 4.78 is 0. The number of aliphatic imine (C=N–C) groups is 1. The molecule has 0 bridgehead atoms. The van der Waals surface area contributed by atoms with Crippen LogP contribution >= 0.6 is 11.3 Å². The molecule has 11 nitrogen and oxygen atoms in total. The molecule has 1 atom stereocenters. The molecule has 186 valence electrons. The number of nitrogens with zero attached hydrogens (tertiary/aromatic N) is 4. The molecule has 3 rings (SSSR count). The molecule has 1 aromatic heterocycles. The van der Waals surface area contributed by atoms with Crippen molar-refractivity contribution in [2.45, 2.75) is 38.6 Å². The van der Waals surface area contributed by atoms with E-state index in [-0.39, 0.29) is 17.7 Å². The molecular weight excluding hydrogens is 472 g/mol. The fraction of sp³-hybridized carbons (Fsp3) is 0.391. The number of likely N-dealkylation sites (tertiary alicyclic amines) is 1. The second kappa shape index (κ2) is 11.6. The smallest absolute Gasteiger partial charge is 0.409 e. The van der Waals surface area contributed by atoms with E-state index in [9.17, 15) is 19.2 Å². The summed E-state index contributed by atoms with van der Waals surface area (Å²) in [6.07, 6.45) is 2.32. The topological polar surface area (TPSA) is 144 Å². The Morgan fingerprint density at radius 2 is 1.94 bits per heavy atom. The fourth-order valence-corrected chi connectivity index (χ4v) is 4.77. The van der Waals surface area contributed by atoms with E-state index in [1.54, 1.807) is 31.1 Å². The fourth-order valence-electron chi connectivity index (χ4n) is 3.76. The van der Waals surface area contributed by atoms with E-state index in [4.69, 9.17) is 5.11 Å². The Bertz CT molecular complexity index is 1130. The van der Waals surface area contributed by atoms with Crippen LogP contribution in [0.3, 0.4) is 0 Å². The zero-order valence-electron chi connectivity index (χ0n) is 19.8. The lowest BCUT2D eigenvalue weighted by Gasteiger charge is -2.26. The molecule has 0 unspecified atom stereocenters. The number of thiazole rings is 1. The lowest BCUT2D eigenvalue weighted by Crippen LogP contribution is -2.45. The predicted molar refractivity (Wildman–Crippen MR) is 132 cm³/mol. The molecule has 35 heavy (non-hydrogen) atoms. The molecule has 2 heterocycles. The highest BCUT2D eigenvalue weighted by molar-refractivity contribution is 7.17. The SMILES string of the molecule is CC(=O)Nc1nc(CCc2ccc(N=CNC(=O)O)cc2)c(C(=O)N2CCC[C@@H]2C(=O)N(C)C)s1. The number of aryl methyl sites for hydroxylation is 2. The van der Waals surface area contributed by atoms with Crippen molar-refractivity contribution in [3.63, 3.8) is 0 Å². The van der Waals surface area contributed by atoms with Crippen molar-refractivity contribution in [2.24, 2.45) is 4.99 Å². The Balaban J connectivity index is 1.77. The lowest BCUT2D eigenvalue weighted by molar-refractivity contribution is -0.132. The van der Waals surface area contributed by atoms with Crippen molar-refractivity contribution in [2.75, 3.05) is 26.0 Å². The van der Waals surface area contributed by atoms with Gasteiger partial charge in [-0.2, -0.15) is 0 Å². The van der Waals surface area contributed by atoms with Gasteiger partial charge in [-0.3, -0.25) is 19.7 Å². The van der Waals surface area contributed by atoms with Gasteiger partial charge in [0.25, 0.3) is 5.91 Å². The molecule has 1 fully saturated rings. The maximum atomic E-state index is 13.5. The number of anilines is 1. The van der Waals surface area contributed by atoms with E-state index >= 15 is 0 Å². The summed E-state index contributed by atoms with van der Waals surface area (Å²) in [6, 6.07) is 6.74. The Morgan fingerprint density at radius 3 is 2.57 bits per heavy atom. The van der Waals surface area contributed by atoms with Crippen LogP contribution in [0.1, 0.15) is 40.7 Å². The maximum Gasteiger partial charge on any atom is 0.409 e. The first-order valence-corrected chi connectivity index (χ1v) is 11.9. The molecule has 2 aromatic rings. The number of hydrogen-bond donors (Lipinski definition) is 3. The van der Waals surface area contributed by atoms with Crippen LogP contribution in [-0.4, -0.2) is 76.7 Å². The van der Waals surface area contributed by atoms with E-state index in [2.05, 4.69) is 20.6 Å². The molecule has 0 saturated carbocycles. The van der Waals surface area contributed by atoms with Crippen molar-refractivity contribution in [3.8, 4) is 0 Å². The average molecular weight is 501 g/mol. The summed E-state index contributed by atoms with van der Waals surface area (Å²) in [5, 5.41) is 13.6. The second-order valence-electron chi connectivity index (χ2n) is 8.24. The van der Waals surface area contributed by atoms with Crippen LogP contribution in [0.15, 0.2) is 29.3 Å². The zero-order valence-corrected chi connectivity index (χ0v) is 20.6. The van der Waals surface area contributed by atoms with Gasteiger partial charge in [-0.25, -0.2) is 14.8 Å². The number of carbonyl (C=O) groups excluding carboxylic acids is 3. The molecule has 0 aliphatic carbocycles. The van der Waals surface area contributed by atoms with Gasteiger partial charge < -0.3 is 20.2 Å². The van der Waals surface area contributed by atoms with Crippen LogP contribution in [-0.2, 0) is 22.4 Å². The first-order valence-electron chi connectivity index (χ1n) is 11.1. The van der Waals surface area contributed by atoms with Crippen LogP contribution in [0.5, 0.6) is 0 Å². The van der Waals surface area contributed by atoms with E-state index in [1.807, 2.05) is 12.1 Å². The minimum Gasteiger partial charge on any atom is -0.465 e.